The molecule has 3 aromatic rings. The number of fused-ring (bicyclic) bond motifs is 2. The molecule has 162 valence electrons. The van der Waals surface area contributed by atoms with Crippen molar-refractivity contribution in [1.29, 1.82) is 0 Å². The molecule has 1 aliphatic rings. The van der Waals surface area contributed by atoms with Crippen LogP contribution < -0.4 is 4.31 Å². The second kappa shape index (κ2) is 7.39. The summed E-state index contributed by atoms with van der Waals surface area (Å²) in [5.41, 5.74) is 3.92. The quantitative estimate of drug-likeness (QED) is 0.645. The highest BCUT2D eigenvalue weighted by molar-refractivity contribution is 7.92. The number of hydrogen-bond donors (Lipinski definition) is 1. The number of carbonyl (C=O) groups is 1. The van der Waals surface area contributed by atoms with Gasteiger partial charge in [-0.05, 0) is 42.2 Å². The van der Waals surface area contributed by atoms with Crippen molar-refractivity contribution >= 4 is 44.1 Å². The highest BCUT2D eigenvalue weighted by atomic mass is 35.5. The Kier molecular flexibility index (Phi) is 5.10. The summed E-state index contributed by atoms with van der Waals surface area (Å²) in [6.07, 6.45) is 3.25. The Labute approximate surface area is 185 Å². The highest BCUT2D eigenvalue weighted by Gasteiger charge is 2.35. The number of sulfonamides is 1. The van der Waals surface area contributed by atoms with E-state index in [1.165, 1.54) is 11.9 Å². The number of hydrogen-bond acceptors (Lipinski definition) is 5. The lowest BCUT2D eigenvalue weighted by Gasteiger charge is -2.22. The number of carbonyl (C=O) groups excluding carboxylic acids is 1. The third-order valence-electron chi connectivity index (χ3n) is 5.66. The van der Waals surface area contributed by atoms with Crippen LogP contribution in [0.1, 0.15) is 32.6 Å². The van der Waals surface area contributed by atoms with E-state index in [9.17, 15) is 18.3 Å². The largest absolute Gasteiger partial charge is 0.505 e. The first-order valence-corrected chi connectivity index (χ1v) is 11.8. The number of aryl methyl sites for hydroxylation is 1. The number of phenols is 1. The minimum Gasteiger partial charge on any atom is -0.505 e. The average Bonchev–Trinajstić information content (AvgIpc) is 2.98. The SMILES string of the molecule is Cc1ccc(Cc2cnc3c(O)c4c(c(N(C)S(C)(=O)=O)c3c2)CN(C)C4=O)cc1Cl. The number of phenolic OH excluding ortho intramolecular Hbond substituents is 1. The van der Waals surface area contributed by atoms with E-state index in [0.717, 1.165) is 27.3 Å². The van der Waals surface area contributed by atoms with Crippen LogP contribution in [0.15, 0.2) is 30.5 Å². The molecule has 0 spiro atoms. The summed E-state index contributed by atoms with van der Waals surface area (Å²) in [5, 5.41) is 12.0. The van der Waals surface area contributed by atoms with Gasteiger partial charge in [0.2, 0.25) is 10.0 Å². The van der Waals surface area contributed by atoms with E-state index in [4.69, 9.17) is 11.6 Å². The molecule has 2 heterocycles. The first-order chi connectivity index (χ1) is 14.5. The molecule has 0 saturated carbocycles. The highest BCUT2D eigenvalue weighted by Crippen LogP contribution is 2.44. The molecule has 0 atom stereocenters. The molecule has 2 aromatic carbocycles. The zero-order chi connectivity index (χ0) is 22.7. The summed E-state index contributed by atoms with van der Waals surface area (Å²) in [6, 6.07) is 7.62. The molecule has 1 N–H and O–H groups in total. The molecule has 0 saturated heterocycles. The molecule has 1 aliphatic heterocycles. The maximum absolute atomic E-state index is 12.6. The van der Waals surface area contributed by atoms with Crippen LogP contribution in [0, 0.1) is 6.92 Å². The van der Waals surface area contributed by atoms with Gasteiger partial charge in [-0.1, -0.05) is 23.7 Å². The Morgan fingerprint density at radius 1 is 1.26 bits per heavy atom. The van der Waals surface area contributed by atoms with E-state index < -0.39 is 10.0 Å². The Hall–Kier alpha value is -2.84. The van der Waals surface area contributed by atoms with Crippen molar-refractivity contribution in [3.05, 3.63) is 63.3 Å². The van der Waals surface area contributed by atoms with Gasteiger partial charge in [0.15, 0.2) is 5.75 Å². The second-order valence-corrected chi connectivity index (χ2v) is 10.4. The van der Waals surface area contributed by atoms with Gasteiger partial charge >= 0.3 is 0 Å². The van der Waals surface area contributed by atoms with E-state index in [0.29, 0.717) is 28.1 Å². The molecule has 0 bridgehead atoms. The van der Waals surface area contributed by atoms with Gasteiger partial charge in [0.25, 0.3) is 5.91 Å². The van der Waals surface area contributed by atoms with Crippen LogP contribution in [-0.2, 0) is 23.0 Å². The van der Waals surface area contributed by atoms with Gasteiger partial charge < -0.3 is 10.0 Å². The third-order valence-corrected chi connectivity index (χ3v) is 7.25. The maximum atomic E-state index is 12.6. The van der Waals surface area contributed by atoms with Crippen LogP contribution in [-0.4, -0.2) is 49.7 Å². The summed E-state index contributed by atoms with van der Waals surface area (Å²) in [7, 11) is -0.573. The number of benzene rings is 2. The number of aromatic hydroxyl groups is 1. The van der Waals surface area contributed by atoms with Gasteiger partial charge in [0.1, 0.15) is 5.52 Å². The van der Waals surface area contributed by atoms with Crippen molar-refractivity contribution in [1.82, 2.24) is 9.88 Å². The Morgan fingerprint density at radius 2 is 1.97 bits per heavy atom. The smallest absolute Gasteiger partial charge is 0.258 e. The molecule has 31 heavy (non-hydrogen) atoms. The van der Waals surface area contributed by atoms with Gasteiger partial charge in [-0.2, -0.15) is 0 Å². The molecule has 1 aromatic heterocycles. The lowest BCUT2D eigenvalue weighted by Crippen LogP contribution is -2.26. The van der Waals surface area contributed by atoms with Crippen molar-refractivity contribution in [2.24, 2.45) is 0 Å². The molecule has 0 aliphatic carbocycles. The Morgan fingerprint density at radius 3 is 2.61 bits per heavy atom. The normalized spacial score (nSPS) is 13.7. The van der Waals surface area contributed by atoms with Gasteiger partial charge in [0, 0.05) is 42.8 Å². The summed E-state index contributed by atoms with van der Waals surface area (Å²) < 4.78 is 25.9. The van der Waals surface area contributed by atoms with Crippen LogP contribution in [0.3, 0.4) is 0 Å². The van der Waals surface area contributed by atoms with Crippen molar-refractivity contribution in [3.63, 3.8) is 0 Å². The lowest BCUT2D eigenvalue weighted by atomic mass is 9.98. The number of amides is 1. The Bertz CT molecular complexity index is 1350. The van der Waals surface area contributed by atoms with E-state index in [-0.39, 0.29) is 29.3 Å². The number of pyridine rings is 1. The predicted molar refractivity (Wildman–Crippen MR) is 121 cm³/mol. The van der Waals surface area contributed by atoms with E-state index in [2.05, 4.69) is 4.98 Å². The van der Waals surface area contributed by atoms with Crippen LogP contribution in [0.4, 0.5) is 5.69 Å². The van der Waals surface area contributed by atoms with Crippen LogP contribution >= 0.6 is 11.6 Å². The van der Waals surface area contributed by atoms with Gasteiger partial charge in [-0.25, -0.2) is 8.42 Å². The zero-order valence-corrected chi connectivity index (χ0v) is 19.2. The van der Waals surface area contributed by atoms with Gasteiger partial charge in [-0.15, -0.1) is 0 Å². The number of nitrogens with zero attached hydrogens (tertiary/aromatic N) is 3. The fraction of sp³-hybridized carbons (Fsp3) is 0.273. The van der Waals surface area contributed by atoms with Crippen molar-refractivity contribution in [2.75, 3.05) is 24.7 Å². The van der Waals surface area contributed by atoms with E-state index in [1.54, 1.807) is 13.2 Å². The fourth-order valence-electron chi connectivity index (χ4n) is 3.91. The van der Waals surface area contributed by atoms with Crippen molar-refractivity contribution in [3.8, 4) is 5.75 Å². The lowest BCUT2D eigenvalue weighted by molar-refractivity contribution is 0.0814. The number of halogens is 1. The predicted octanol–water partition coefficient (Wildman–Crippen LogP) is 3.47. The molecule has 4 rings (SSSR count). The number of rotatable bonds is 4. The topological polar surface area (TPSA) is 90.8 Å². The van der Waals surface area contributed by atoms with Crippen molar-refractivity contribution < 1.29 is 18.3 Å². The number of aromatic nitrogens is 1. The van der Waals surface area contributed by atoms with Crippen molar-refractivity contribution in [2.45, 2.75) is 19.9 Å². The third kappa shape index (κ3) is 3.59. The van der Waals surface area contributed by atoms with Crippen LogP contribution in [0.5, 0.6) is 5.75 Å². The molecule has 7 nitrogen and oxygen atoms in total. The fourth-order valence-corrected chi connectivity index (χ4v) is 4.65. The monoisotopic (exact) mass is 459 g/mol. The van der Waals surface area contributed by atoms with E-state index in [1.807, 2.05) is 31.2 Å². The summed E-state index contributed by atoms with van der Waals surface area (Å²) >= 11 is 6.25. The van der Waals surface area contributed by atoms with Crippen LogP contribution in [0.2, 0.25) is 5.02 Å². The summed E-state index contributed by atoms with van der Waals surface area (Å²) in [4.78, 5) is 18.5. The standard InChI is InChI=1S/C22H22ClN3O4S/c1-12-5-6-13(9-17(12)23)7-14-8-15-19(24-10-14)21(27)18-16(11-25(2)22(18)28)20(15)26(3)31(4,29)30/h5-6,8-10,27H,7,11H2,1-4H3. The van der Waals surface area contributed by atoms with Gasteiger partial charge in [-0.3, -0.25) is 14.1 Å². The van der Waals surface area contributed by atoms with Crippen LogP contribution in [0.25, 0.3) is 10.9 Å². The molecule has 0 radical (unpaired) electrons. The minimum absolute atomic E-state index is 0.103. The van der Waals surface area contributed by atoms with E-state index >= 15 is 0 Å². The molecular weight excluding hydrogens is 438 g/mol. The van der Waals surface area contributed by atoms with Gasteiger partial charge in [0.05, 0.1) is 17.5 Å². The summed E-state index contributed by atoms with van der Waals surface area (Å²) in [6.45, 7) is 2.13. The minimum atomic E-state index is -3.62. The summed E-state index contributed by atoms with van der Waals surface area (Å²) in [5.74, 6) is -0.590. The molecular formula is C22H22ClN3O4S. The zero-order valence-electron chi connectivity index (χ0n) is 17.6. The molecule has 1 amide bonds. The first-order valence-electron chi connectivity index (χ1n) is 9.60. The number of anilines is 1. The molecule has 0 unspecified atom stereocenters. The first kappa shape index (κ1) is 21.4. The Balaban J connectivity index is 1.95. The maximum Gasteiger partial charge on any atom is 0.258 e. The average molecular weight is 460 g/mol. The molecule has 9 heteroatoms. The molecule has 0 fully saturated rings. The second-order valence-electron chi connectivity index (χ2n) is 7.94.